The fourth-order valence-electron chi connectivity index (χ4n) is 1.24. The summed E-state index contributed by atoms with van der Waals surface area (Å²) in [4.78, 5) is 21.5. The molecular weight excluding hydrogens is 234 g/mol. The topological polar surface area (TPSA) is 75.6 Å². The van der Waals surface area contributed by atoms with E-state index in [0.29, 0.717) is 12.3 Å². The van der Waals surface area contributed by atoms with Crippen LogP contribution in [0.2, 0.25) is 0 Å². The summed E-state index contributed by atoms with van der Waals surface area (Å²) < 4.78 is 5.25. The number of ether oxygens (including phenoxy) is 1. The molecule has 0 bridgehead atoms. The van der Waals surface area contributed by atoms with Gasteiger partial charge in [0.1, 0.15) is 5.75 Å². The standard InChI is InChI=1S/C13H15NO4/c1-2-14-12(15)9-18-11-6-3-10(4-7-11)5-8-13(16)17/h3-8H,2,9H2,1H3,(H,14,15)(H,16,17)/b8-5+. The highest BCUT2D eigenvalue weighted by atomic mass is 16.5. The van der Waals surface area contributed by atoms with E-state index in [4.69, 9.17) is 9.84 Å². The van der Waals surface area contributed by atoms with Gasteiger partial charge >= 0.3 is 5.97 Å². The minimum atomic E-state index is -0.994. The molecule has 0 radical (unpaired) electrons. The molecule has 2 N–H and O–H groups in total. The molecule has 0 aliphatic heterocycles. The molecule has 0 unspecified atom stereocenters. The first kappa shape index (κ1) is 13.8. The van der Waals surface area contributed by atoms with Crippen molar-refractivity contribution in [3.8, 4) is 5.75 Å². The van der Waals surface area contributed by atoms with Crippen molar-refractivity contribution in [2.24, 2.45) is 0 Å². The monoisotopic (exact) mass is 249 g/mol. The molecule has 5 nitrogen and oxygen atoms in total. The molecule has 0 spiro atoms. The number of carboxylic acids is 1. The van der Waals surface area contributed by atoms with E-state index in [9.17, 15) is 9.59 Å². The third-order valence-corrected chi connectivity index (χ3v) is 2.04. The third-order valence-electron chi connectivity index (χ3n) is 2.04. The molecule has 18 heavy (non-hydrogen) atoms. The van der Waals surface area contributed by atoms with Gasteiger partial charge in [-0.2, -0.15) is 0 Å². The van der Waals surface area contributed by atoms with Gasteiger partial charge in [-0.3, -0.25) is 4.79 Å². The Balaban J connectivity index is 2.50. The Hall–Kier alpha value is -2.30. The maximum Gasteiger partial charge on any atom is 0.328 e. The summed E-state index contributed by atoms with van der Waals surface area (Å²) in [6.45, 7) is 2.38. The summed E-state index contributed by atoms with van der Waals surface area (Å²) in [5, 5.41) is 11.1. The molecule has 1 aromatic rings. The molecule has 0 aromatic heterocycles. The molecule has 0 fully saturated rings. The number of benzene rings is 1. The van der Waals surface area contributed by atoms with Gasteiger partial charge in [-0.05, 0) is 30.7 Å². The van der Waals surface area contributed by atoms with Crippen molar-refractivity contribution in [3.63, 3.8) is 0 Å². The molecule has 0 saturated carbocycles. The maximum absolute atomic E-state index is 11.1. The van der Waals surface area contributed by atoms with Gasteiger partial charge in [0, 0.05) is 12.6 Å². The number of carboxylic acid groups (broad SMARTS) is 1. The van der Waals surface area contributed by atoms with Crippen LogP contribution in [0.1, 0.15) is 12.5 Å². The maximum atomic E-state index is 11.1. The van der Waals surface area contributed by atoms with Crippen LogP contribution >= 0.6 is 0 Å². The highest BCUT2D eigenvalue weighted by Crippen LogP contribution is 2.12. The molecule has 0 atom stereocenters. The van der Waals surface area contributed by atoms with Crippen molar-refractivity contribution in [2.75, 3.05) is 13.2 Å². The molecule has 0 aliphatic carbocycles. The Morgan fingerprint density at radius 3 is 2.56 bits per heavy atom. The molecule has 5 heteroatoms. The van der Waals surface area contributed by atoms with E-state index in [2.05, 4.69) is 5.32 Å². The molecule has 1 amide bonds. The lowest BCUT2D eigenvalue weighted by Gasteiger charge is -2.06. The van der Waals surface area contributed by atoms with E-state index in [0.717, 1.165) is 11.6 Å². The second-order valence-electron chi connectivity index (χ2n) is 3.48. The first-order chi connectivity index (χ1) is 8.61. The van der Waals surface area contributed by atoms with E-state index in [1.807, 2.05) is 6.92 Å². The normalized spacial score (nSPS) is 10.3. The van der Waals surface area contributed by atoms with Crippen molar-refractivity contribution in [2.45, 2.75) is 6.92 Å². The Bertz CT molecular complexity index is 437. The number of rotatable bonds is 6. The zero-order chi connectivity index (χ0) is 13.4. The Morgan fingerprint density at radius 1 is 1.33 bits per heavy atom. The highest BCUT2D eigenvalue weighted by Gasteiger charge is 2.00. The Morgan fingerprint density at radius 2 is 2.00 bits per heavy atom. The number of hydrogen-bond acceptors (Lipinski definition) is 3. The van der Waals surface area contributed by atoms with E-state index in [-0.39, 0.29) is 12.5 Å². The van der Waals surface area contributed by atoms with Crippen molar-refractivity contribution < 1.29 is 19.4 Å². The van der Waals surface area contributed by atoms with Crippen molar-refractivity contribution >= 4 is 18.0 Å². The average Bonchev–Trinajstić information content (AvgIpc) is 2.35. The first-order valence-corrected chi connectivity index (χ1v) is 5.52. The molecule has 0 aliphatic rings. The van der Waals surface area contributed by atoms with Crippen molar-refractivity contribution in [3.05, 3.63) is 35.9 Å². The van der Waals surface area contributed by atoms with Gasteiger partial charge in [0.25, 0.3) is 5.91 Å². The predicted molar refractivity (Wildman–Crippen MR) is 67.3 cm³/mol. The molecular formula is C13H15NO4. The summed E-state index contributed by atoms with van der Waals surface area (Å²) in [7, 11) is 0. The van der Waals surface area contributed by atoms with E-state index < -0.39 is 5.97 Å². The molecule has 0 saturated heterocycles. The van der Waals surface area contributed by atoms with Crippen LogP contribution in [-0.2, 0) is 9.59 Å². The van der Waals surface area contributed by atoms with E-state index in [1.54, 1.807) is 24.3 Å². The molecule has 0 heterocycles. The van der Waals surface area contributed by atoms with Crippen LogP contribution in [0.15, 0.2) is 30.3 Å². The van der Waals surface area contributed by atoms with Crippen LogP contribution in [0.25, 0.3) is 6.08 Å². The first-order valence-electron chi connectivity index (χ1n) is 5.52. The largest absolute Gasteiger partial charge is 0.484 e. The van der Waals surface area contributed by atoms with E-state index in [1.165, 1.54) is 6.08 Å². The summed E-state index contributed by atoms with van der Waals surface area (Å²) in [5.41, 5.74) is 0.753. The van der Waals surface area contributed by atoms with Crippen LogP contribution in [0, 0.1) is 0 Å². The van der Waals surface area contributed by atoms with Gasteiger partial charge in [-0.15, -0.1) is 0 Å². The fraction of sp³-hybridized carbons (Fsp3) is 0.231. The SMILES string of the molecule is CCNC(=O)COc1ccc(/C=C/C(=O)O)cc1. The quantitative estimate of drug-likeness (QED) is 0.745. The van der Waals surface area contributed by atoms with E-state index >= 15 is 0 Å². The van der Waals surface area contributed by atoms with Gasteiger partial charge in [0.05, 0.1) is 0 Å². The molecule has 96 valence electrons. The number of likely N-dealkylation sites (N-methyl/N-ethyl adjacent to an activating group) is 1. The van der Waals surface area contributed by atoms with Crippen molar-refractivity contribution in [1.29, 1.82) is 0 Å². The summed E-state index contributed by atoms with van der Waals surface area (Å²) in [6.07, 6.45) is 2.54. The number of aliphatic carboxylic acids is 1. The lowest BCUT2D eigenvalue weighted by atomic mass is 10.2. The second kappa shape index (κ2) is 7.11. The Labute approximate surface area is 105 Å². The van der Waals surface area contributed by atoms with Crippen LogP contribution in [-0.4, -0.2) is 30.1 Å². The number of hydrogen-bond donors (Lipinski definition) is 2. The zero-order valence-electron chi connectivity index (χ0n) is 10.1. The third kappa shape index (κ3) is 5.16. The van der Waals surface area contributed by atoms with Gasteiger partial charge in [-0.1, -0.05) is 12.1 Å². The summed E-state index contributed by atoms with van der Waals surface area (Å²) >= 11 is 0. The summed E-state index contributed by atoms with van der Waals surface area (Å²) in [6, 6.07) is 6.79. The fourth-order valence-corrected chi connectivity index (χ4v) is 1.24. The number of nitrogens with one attached hydrogen (secondary N) is 1. The van der Waals surface area contributed by atoms with Gasteiger partial charge < -0.3 is 15.2 Å². The number of carbonyl (C=O) groups excluding carboxylic acids is 1. The highest BCUT2D eigenvalue weighted by molar-refractivity contribution is 5.85. The Kier molecular flexibility index (Phi) is 5.44. The smallest absolute Gasteiger partial charge is 0.328 e. The van der Waals surface area contributed by atoms with Gasteiger partial charge in [0.15, 0.2) is 6.61 Å². The van der Waals surface area contributed by atoms with Crippen LogP contribution in [0.5, 0.6) is 5.75 Å². The lowest BCUT2D eigenvalue weighted by molar-refractivity contribution is -0.131. The van der Waals surface area contributed by atoms with Crippen LogP contribution < -0.4 is 10.1 Å². The average molecular weight is 249 g/mol. The molecule has 1 rings (SSSR count). The molecule has 1 aromatic carbocycles. The van der Waals surface area contributed by atoms with Crippen LogP contribution in [0.4, 0.5) is 0 Å². The van der Waals surface area contributed by atoms with Crippen molar-refractivity contribution in [1.82, 2.24) is 5.32 Å². The van der Waals surface area contributed by atoms with Crippen LogP contribution in [0.3, 0.4) is 0 Å². The minimum Gasteiger partial charge on any atom is -0.484 e. The zero-order valence-corrected chi connectivity index (χ0v) is 10.1. The second-order valence-corrected chi connectivity index (χ2v) is 3.48. The number of amides is 1. The number of carbonyl (C=O) groups is 2. The van der Waals surface area contributed by atoms with Gasteiger partial charge in [0.2, 0.25) is 0 Å². The lowest BCUT2D eigenvalue weighted by Crippen LogP contribution is -2.28. The minimum absolute atomic E-state index is 0.0296. The summed E-state index contributed by atoms with van der Waals surface area (Å²) in [5.74, 6) is -0.604. The van der Waals surface area contributed by atoms with Gasteiger partial charge in [-0.25, -0.2) is 4.79 Å². The predicted octanol–water partition coefficient (Wildman–Crippen LogP) is 1.30.